The molecule has 6 nitrogen and oxygen atoms in total. The molecule has 2 aromatic carbocycles. The van der Waals surface area contributed by atoms with Crippen molar-refractivity contribution in [3.8, 4) is 0 Å². The minimum absolute atomic E-state index is 0.0803. The van der Waals surface area contributed by atoms with Crippen molar-refractivity contribution in [2.45, 2.75) is 19.3 Å². The third-order valence-electron chi connectivity index (χ3n) is 5.90. The van der Waals surface area contributed by atoms with Crippen LogP contribution in [0, 0.1) is 5.82 Å². The summed E-state index contributed by atoms with van der Waals surface area (Å²) in [5.41, 5.74) is 1.73. The molecule has 1 heterocycles. The molecule has 0 saturated carbocycles. The summed E-state index contributed by atoms with van der Waals surface area (Å²) >= 11 is 0. The molecule has 7 heteroatoms. The molecule has 1 aliphatic heterocycles. The second kappa shape index (κ2) is 11.6. The van der Waals surface area contributed by atoms with Crippen LogP contribution < -0.4 is 20.4 Å². The molecule has 0 radical (unpaired) electrons. The van der Waals surface area contributed by atoms with Gasteiger partial charge in [0, 0.05) is 18.2 Å². The van der Waals surface area contributed by atoms with Crippen molar-refractivity contribution in [2.24, 2.45) is 0 Å². The van der Waals surface area contributed by atoms with E-state index in [0.29, 0.717) is 31.2 Å². The maximum absolute atomic E-state index is 13.2. The van der Waals surface area contributed by atoms with Crippen molar-refractivity contribution >= 4 is 17.5 Å². The van der Waals surface area contributed by atoms with Crippen molar-refractivity contribution in [1.29, 1.82) is 0 Å². The van der Waals surface area contributed by atoms with Crippen molar-refractivity contribution in [1.82, 2.24) is 5.32 Å². The van der Waals surface area contributed by atoms with Gasteiger partial charge in [0.1, 0.15) is 32.0 Å². The van der Waals surface area contributed by atoms with E-state index in [1.165, 1.54) is 27.5 Å². The fraction of sp³-hybridized carbons (Fsp3) is 0.417. The lowest BCUT2D eigenvalue weighted by Crippen LogP contribution is -3.28. The molecule has 3 rings (SSSR count). The number of halogens is 1. The Labute approximate surface area is 183 Å². The van der Waals surface area contributed by atoms with E-state index in [1.54, 1.807) is 12.1 Å². The zero-order chi connectivity index (χ0) is 22.1. The van der Waals surface area contributed by atoms with Gasteiger partial charge in [0.15, 0.2) is 13.1 Å². The molecule has 31 heavy (non-hydrogen) atoms. The molecule has 2 aromatic rings. The number of hydrogen-bond acceptors (Lipinski definition) is 2. The Balaban J connectivity index is 1.35. The second-order valence-electron chi connectivity index (χ2n) is 8.23. The lowest BCUT2D eigenvalue weighted by molar-refractivity contribution is -1.00. The van der Waals surface area contributed by atoms with Crippen molar-refractivity contribution < 1.29 is 23.8 Å². The van der Waals surface area contributed by atoms with Crippen LogP contribution in [0.1, 0.15) is 24.8 Å². The maximum Gasteiger partial charge on any atom is 0.279 e. The number of benzene rings is 2. The number of nitrogens with one attached hydrogen (secondary N) is 4. The van der Waals surface area contributed by atoms with Crippen LogP contribution in [0.25, 0.3) is 0 Å². The van der Waals surface area contributed by atoms with Crippen LogP contribution in [0.15, 0.2) is 54.6 Å². The summed E-state index contributed by atoms with van der Waals surface area (Å²) in [7, 11) is 0. The van der Waals surface area contributed by atoms with Gasteiger partial charge in [-0.25, -0.2) is 4.39 Å². The van der Waals surface area contributed by atoms with Crippen LogP contribution in [0.4, 0.5) is 10.1 Å². The van der Waals surface area contributed by atoms with Gasteiger partial charge in [0.2, 0.25) is 0 Å². The molecule has 0 spiro atoms. The molecule has 0 unspecified atom stereocenters. The third kappa shape index (κ3) is 7.45. The van der Waals surface area contributed by atoms with E-state index < -0.39 is 0 Å². The van der Waals surface area contributed by atoms with E-state index in [0.717, 1.165) is 32.6 Å². The number of quaternary nitrogens is 2. The van der Waals surface area contributed by atoms with Gasteiger partial charge in [0.05, 0.1) is 0 Å². The zero-order valence-corrected chi connectivity index (χ0v) is 18.1. The van der Waals surface area contributed by atoms with Crippen molar-refractivity contribution in [3.63, 3.8) is 0 Å². The van der Waals surface area contributed by atoms with Gasteiger partial charge in [-0.2, -0.15) is 0 Å². The second-order valence-corrected chi connectivity index (χ2v) is 8.23. The van der Waals surface area contributed by atoms with Crippen molar-refractivity contribution in [2.75, 3.05) is 51.1 Å². The van der Waals surface area contributed by atoms with Crippen LogP contribution in [-0.2, 0) is 9.59 Å². The molecule has 1 fully saturated rings. The van der Waals surface area contributed by atoms with Crippen LogP contribution in [0.2, 0.25) is 0 Å². The predicted molar refractivity (Wildman–Crippen MR) is 119 cm³/mol. The minimum atomic E-state index is -0.366. The van der Waals surface area contributed by atoms with Gasteiger partial charge in [-0.1, -0.05) is 43.3 Å². The van der Waals surface area contributed by atoms with Crippen LogP contribution in [0.3, 0.4) is 0 Å². The predicted octanol–water partition coefficient (Wildman–Crippen LogP) is -0.142. The Bertz CT molecular complexity index is 854. The highest BCUT2D eigenvalue weighted by atomic mass is 19.1. The first-order valence-electron chi connectivity index (χ1n) is 11.1. The molecule has 1 saturated heterocycles. The average molecular weight is 429 g/mol. The number of piperazine rings is 1. The zero-order valence-electron chi connectivity index (χ0n) is 18.1. The molecule has 0 aromatic heterocycles. The quantitative estimate of drug-likeness (QED) is 0.449. The van der Waals surface area contributed by atoms with E-state index in [-0.39, 0.29) is 17.6 Å². The molecule has 0 aliphatic carbocycles. The van der Waals surface area contributed by atoms with Gasteiger partial charge in [0.25, 0.3) is 11.8 Å². The summed E-state index contributed by atoms with van der Waals surface area (Å²) in [6, 6.07) is 16.2. The Kier molecular flexibility index (Phi) is 8.55. The summed E-state index contributed by atoms with van der Waals surface area (Å²) in [6.07, 6.45) is 0.983. The fourth-order valence-corrected chi connectivity index (χ4v) is 4.06. The molecular weight excluding hydrogens is 395 g/mol. The largest absolute Gasteiger partial charge is 0.351 e. The van der Waals surface area contributed by atoms with E-state index in [9.17, 15) is 14.0 Å². The number of rotatable bonds is 9. The summed E-state index contributed by atoms with van der Waals surface area (Å²) in [5.74, 6) is -0.0716. The number of hydrogen-bond donors (Lipinski definition) is 4. The number of carbonyl (C=O) groups excluding carboxylic acids is 2. The first kappa shape index (κ1) is 22.9. The SMILES string of the molecule is CC[C@H](CNC(=O)C[NH+]1CC[NH+](CC(=O)Nc2cccc(F)c2)CC1)c1ccccc1. The lowest BCUT2D eigenvalue weighted by atomic mass is 9.96. The molecular formula is C24H33FN4O2+2. The maximum atomic E-state index is 13.2. The van der Waals surface area contributed by atoms with Gasteiger partial charge >= 0.3 is 0 Å². The highest BCUT2D eigenvalue weighted by Crippen LogP contribution is 2.17. The summed E-state index contributed by atoms with van der Waals surface area (Å²) in [6.45, 7) is 6.99. The Morgan fingerprint density at radius 1 is 0.935 bits per heavy atom. The first-order valence-corrected chi connectivity index (χ1v) is 11.1. The lowest BCUT2D eigenvalue weighted by Gasteiger charge is -2.29. The Morgan fingerprint density at radius 2 is 1.58 bits per heavy atom. The summed E-state index contributed by atoms with van der Waals surface area (Å²) < 4.78 is 13.2. The number of carbonyl (C=O) groups is 2. The average Bonchev–Trinajstić information content (AvgIpc) is 2.76. The summed E-state index contributed by atoms with van der Waals surface area (Å²) in [4.78, 5) is 27.1. The first-order chi connectivity index (χ1) is 15.0. The van der Waals surface area contributed by atoms with Gasteiger partial charge in [-0.15, -0.1) is 0 Å². The molecule has 4 N–H and O–H groups in total. The fourth-order valence-electron chi connectivity index (χ4n) is 4.06. The normalized spacial score (nSPS) is 19.4. The molecule has 2 amide bonds. The van der Waals surface area contributed by atoms with E-state index in [4.69, 9.17) is 0 Å². The monoisotopic (exact) mass is 428 g/mol. The highest BCUT2D eigenvalue weighted by Gasteiger charge is 2.26. The van der Waals surface area contributed by atoms with Crippen molar-refractivity contribution in [3.05, 3.63) is 66.0 Å². The number of amides is 2. The van der Waals surface area contributed by atoms with Crippen LogP contribution in [-0.4, -0.2) is 57.6 Å². The molecule has 1 aliphatic rings. The molecule has 0 bridgehead atoms. The topological polar surface area (TPSA) is 67.1 Å². The van der Waals surface area contributed by atoms with E-state index in [1.807, 2.05) is 18.2 Å². The van der Waals surface area contributed by atoms with Crippen LogP contribution >= 0.6 is 0 Å². The Morgan fingerprint density at radius 3 is 2.19 bits per heavy atom. The van der Waals surface area contributed by atoms with Gasteiger partial charge in [-0.05, 0) is 30.2 Å². The molecule has 166 valence electrons. The highest BCUT2D eigenvalue weighted by molar-refractivity contribution is 5.91. The smallest absolute Gasteiger partial charge is 0.279 e. The van der Waals surface area contributed by atoms with E-state index in [2.05, 4.69) is 29.7 Å². The third-order valence-corrected chi connectivity index (χ3v) is 5.90. The van der Waals surface area contributed by atoms with Gasteiger partial charge in [-0.3, -0.25) is 9.59 Å². The van der Waals surface area contributed by atoms with E-state index >= 15 is 0 Å². The molecule has 1 atom stereocenters. The van der Waals surface area contributed by atoms with Gasteiger partial charge < -0.3 is 20.4 Å². The standard InChI is InChI=1S/C24H31FN4O2/c1-2-19(20-7-4-3-5-8-20)16-26-23(30)17-28-11-13-29(14-12-28)18-24(31)27-22-10-6-9-21(25)15-22/h3-10,15,19H,2,11-14,16-18H2,1H3,(H,26,30)(H,27,31)/p+2/t19-/m1/s1. The number of anilines is 1. The minimum Gasteiger partial charge on any atom is -0.351 e. The summed E-state index contributed by atoms with van der Waals surface area (Å²) in [5, 5.41) is 5.84. The Hall–Kier alpha value is -2.77. The van der Waals surface area contributed by atoms with Crippen LogP contribution in [0.5, 0.6) is 0 Å².